The van der Waals surface area contributed by atoms with Crippen LogP contribution in [0.5, 0.6) is 11.5 Å². The predicted octanol–water partition coefficient (Wildman–Crippen LogP) is 3.80. The molecule has 0 spiro atoms. The Balaban J connectivity index is 1.49. The molecule has 4 rings (SSSR count). The summed E-state index contributed by atoms with van der Waals surface area (Å²) in [5.74, 6) is 2.32. The van der Waals surface area contributed by atoms with Crippen LogP contribution in [0, 0.1) is 5.92 Å². The highest BCUT2D eigenvalue weighted by molar-refractivity contribution is 5.79. The number of nitrogens with zero attached hydrogens (tertiary/aromatic N) is 2. The summed E-state index contributed by atoms with van der Waals surface area (Å²) in [7, 11) is 3.39. The maximum atomic E-state index is 12.9. The third-order valence-electron chi connectivity index (χ3n) is 7.11. The highest BCUT2D eigenvalue weighted by Gasteiger charge is 2.36. The minimum absolute atomic E-state index is 0.287. The molecule has 1 amide bonds. The van der Waals surface area contributed by atoms with Crippen molar-refractivity contribution in [3.63, 3.8) is 0 Å². The molecule has 0 aromatic heterocycles. The number of rotatable bonds is 4. The molecule has 5 heteroatoms. The van der Waals surface area contributed by atoms with Crippen LogP contribution in [0.1, 0.15) is 62.6 Å². The fraction of sp³-hybridized carbons (Fsp3) is 0.696. The van der Waals surface area contributed by atoms with Gasteiger partial charge in [0.15, 0.2) is 11.5 Å². The Hall–Kier alpha value is -1.75. The van der Waals surface area contributed by atoms with Gasteiger partial charge in [0.25, 0.3) is 0 Å². The molecule has 2 fully saturated rings. The molecule has 154 valence electrons. The molecule has 2 atom stereocenters. The molecular weight excluding hydrogens is 352 g/mol. The van der Waals surface area contributed by atoms with Gasteiger partial charge in [0, 0.05) is 37.6 Å². The van der Waals surface area contributed by atoms with Crippen LogP contribution in [0.15, 0.2) is 12.1 Å². The zero-order chi connectivity index (χ0) is 19.7. The molecule has 1 aromatic rings. The predicted molar refractivity (Wildman–Crippen MR) is 110 cm³/mol. The lowest BCUT2D eigenvalue weighted by Gasteiger charge is -2.45. The van der Waals surface area contributed by atoms with Crippen molar-refractivity contribution in [1.82, 2.24) is 9.80 Å². The summed E-state index contributed by atoms with van der Waals surface area (Å²) in [6.45, 7) is 5.17. The van der Waals surface area contributed by atoms with Gasteiger partial charge in [-0.3, -0.25) is 9.69 Å². The lowest BCUT2D eigenvalue weighted by Crippen LogP contribution is -2.52. The summed E-state index contributed by atoms with van der Waals surface area (Å²) in [6.07, 6.45) is 7.95. The van der Waals surface area contributed by atoms with Crippen molar-refractivity contribution < 1.29 is 14.3 Å². The number of benzene rings is 1. The summed E-state index contributed by atoms with van der Waals surface area (Å²) in [6, 6.07) is 5.07. The van der Waals surface area contributed by atoms with Crippen molar-refractivity contribution in [2.75, 3.05) is 33.9 Å². The Labute approximate surface area is 169 Å². The number of ether oxygens (including phenoxy) is 2. The van der Waals surface area contributed by atoms with E-state index in [1.54, 1.807) is 14.2 Å². The maximum absolute atomic E-state index is 12.9. The maximum Gasteiger partial charge on any atom is 0.225 e. The summed E-state index contributed by atoms with van der Waals surface area (Å²) >= 11 is 0. The molecule has 0 N–H and O–H groups in total. The average molecular weight is 387 g/mol. The Bertz CT molecular complexity index is 714. The lowest BCUT2D eigenvalue weighted by molar-refractivity contribution is -0.137. The van der Waals surface area contributed by atoms with E-state index in [-0.39, 0.29) is 5.92 Å². The van der Waals surface area contributed by atoms with Gasteiger partial charge >= 0.3 is 0 Å². The molecule has 3 aliphatic rings. The third-order valence-corrected chi connectivity index (χ3v) is 7.11. The SMILES string of the molecule is COc1cc2c(cc1OC)C(C)N(C1CCCN(C(=O)C3CCCC3)C1)CC2. The van der Waals surface area contributed by atoms with Crippen LogP contribution in [0.25, 0.3) is 0 Å². The first-order valence-corrected chi connectivity index (χ1v) is 10.9. The summed E-state index contributed by atoms with van der Waals surface area (Å²) < 4.78 is 11.0. The molecule has 0 bridgehead atoms. The van der Waals surface area contributed by atoms with E-state index in [9.17, 15) is 4.79 Å². The van der Waals surface area contributed by atoms with Gasteiger partial charge in [-0.05, 0) is 62.3 Å². The number of methoxy groups -OCH3 is 2. The molecule has 1 saturated heterocycles. The van der Waals surface area contributed by atoms with Gasteiger partial charge in [-0.25, -0.2) is 0 Å². The van der Waals surface area contributed by atoms with Crippen LogP contribution in [0.4, 0.5) is 0 Å². The van der Waals surface area contributed by atoms with Gasteiger partial charge in [0.1, 0.15) is 0 Å². The fourth-order valence-corrected chi connectivity index (χ4v) is 5.52. The Kier molecular flexibility index (Phi) is 5.81. The van der Waals surface area contributed by atoms with Gasteiger partial charge in [-0.15, -0.1) is 0 Å². The highest BCUT2D eigenvalue weighted by Crippen LogP contribution is 2.39. The second kappa shape index (κ2) is 8.32. The molecule has 1 aliphatic carbocycles. The van der Waals surface area contributed by atoms with E-state index in [1.165, 1.54) is 30.4 Å². The molecular formula is C23H34N2O3. The van der Waals surface area contributed by atoms with Crippen molar-refractivity contribution in [2.24, 2.45) is 5.92 Å². The van der Waals surface area contributed by atoms with E-state index in [4.69, 9.17) is 9.47 Å². The lowest BCUT2D eigenvalue weighted by atomic mass is 9.89. The summed E-state index contributed by atoms with van der Waals surface area (Å²) in [5, 5.41) is 0. The van der Waals surface area contributed by atoms with E-state index in [2.05, 4.69) is 28.9 Å². The van der Waals surface area contributed by atoms with Crippen LogP contribution in [0.3, 0.4) is 0 Å². The van der Waals surface area contributed by atoms with Crippen LogP contribution in [-0.2, 0) is 11.2 Å². The van der Waals surface area contributed by atoms with Crippen LogP contribution in [-0.4, -0.2) is 55.6 Å². The number of carbonyl (C=O) groups is 1. The minimum Gasteiger partial charge on any atom is -0.493 e. The van der Waals surface area contributed by atoms with Gasteiger partial charge < -0.3 is 14.4 Å². The minimum atomic E-state index is 0.287. The van der Waals surface area contributed by atoms with E-state index in [0.29, 0.717) is 18.0 Å². The first kappa shape index (κ1) is 19.6. The van der Waals surface area contributed by atoms with Crippen LogP contribution < -0.4 is 9.47 Å². The van der Waals surface area contributed by atoms with Crippen molar-refractivity contribution in [3.8, 4) is 11.5 Å². The fourth-order valence-electron chi connectivity index (χ4n) is 5.52. The zero-order valence-corrected chi connectivity index (χ0v) is 17.6. The number of fused-ring (bicyclic) bond motifs is 1. The number of piperidine rings is 1. The molecule has 1 saturated carbocycles. The number of hydrogen-bond acceptors (Lipinski definition) is 4. The topological polar surface area (TPSA) is 42.0 Å². The molecule has 2 heterocycles. The van der Waals surface area contributed by atoms with E-state index >= 15 is 0 Å². The average Bonchev–Trinajstić information content (AvgIpc) is 3.27. The second-order valence-corrected chi connectivity index (χ2v) is 8.63. The number of hydrogen-bond donors (Lipinski definition) is 0. The van der Waals surface area contributed by atoms with Crippen LogP contribution >= 0.6 is 0 Å². The molecule has 5 nitrogen and oxygen atoms in total. The normalized spacial score (nSPS) is 26.2. The summed E-state index contributed by atoms with van der Waals surface area (Å²) in [4.78, 5) is 17.7. The second-order valence-electron chi connectivity index (χ2n) is 8.63. The quantitative estimate of drug-likeness (QED) is 0.789. The largest absolute Gasteiger partial charge is 0.493 e. The van der Waals surface area contributed by atoms with Gasteiger partial charge in [0.2, 0.25) is 5.91 Å². The number of amides is 1. The highest BCUT2D eigenvalue weighted by atomic mass is 16.5. The number of likely N-dealkylation sites (tertiary alicyclic amines) is 1. The molecule has 0 radical (unpaired) electrons. The first-order chi connectivity index (χ1) is 13.6. The van der Waals surface area contributed by atoms with Crippen molar-refractivity contribution in [2.45, 2.75) is 64.0 Å². The van der Waals surface area contributed by atoms with Crippen molar-refractivity contribution in [1.29, 1.82) is 0 Å². The number of carbonyl (C=O) groups excluding carboxylic acids is 1. The zero-order valence-electron chi connectivity index (χ0n) is 17.6. The van der Waals surface area contributed by atoms with Crippen molar-refractivity contribution in [3.05, 3.63) is 23.3 Å². The molecule has 2 unspecified atom stereocenters. The summed E-state index contributed by atoms with van der Waals surface area (Å²) in [5.41, 5.74) is 2.69. The van der Waals surface area contributed by atoms with E-state index in [0.717, 1.165) is 56.8 Å². The Morgan fingerprint density at radius 3 is 2.43 bits per heavy atom. The van der Waals surface area contributed by atoms with Crippen LogP contribution in [0.2, 0.25) is 0 Å². The van der Waals surface area contributed by atoms with Gasteiger partial charge in [-0.1, -0.05) is 12.8 Å². The Morgan fingerprint density at radius 1 is 1.00 bits per heavy atom. The smallest absolute Gasteiger partial charge is 0.225 e. The van der Waals surface area contributed by atoms with E-state index < -0.39 is 0 Å². The van der Waals surface area contributed by atoms with Crippen molar-refractivity contribution >= 4 is 5.91 Å². The molecule has 2 aliphatic heterocycles. The van der Waals surface area contributed by atoms with Gasteiger partial charge in [-0.2, -0.15) is 0 Å². The first-order valence-electron chi connectivity index (χ1n) is 10.9. The standard InChI is InChI=1S/C23H34N2O3/c1-16-20-14-22(28-3)21(27-2)13-18(20)10-12-25(16)19-9-6-11-24(15-19)23(26)17-7-4-5-8-17/h13-14,16-17,19H,4-12,15H2,1-3H3. The third kappa shape index (κ3) is 3.61. The molecule has 1 aromatic carbocycles. The van der Waals surface area contributed by atoms with E-state index in [1.807, 2.05) is 0 Å². The monoisotopic (exact) mass is 386 g/mol. The Morgan fingerprint density at radius 2 is 1.71 bits per heavy atom. The van der Waals surface area contributed by atoms with Gasteiger partial charge in [0.05, 0.1) is 14.2 Å². The molecule has 28 heavy (non-hydrogen) atoms.